The van der Waals surface area contributed by atoms with Gasteiger partial charge in [0.15, 0.2) is 0 Å². The minimum absolute atomic E-state index is 0.0856. The van der Waals surface area contributed by atoms with Crippen molar-refractivity contribution in [3.05, 3.63) is 71.9 Å². The molecule has 3 atom stereocenters. The summed E-state index contributed by atoms with van der Waals surface area (Å²) in [6.45, 7) is 21.1. The lowest BCUT2D eigenvalue weighted by Gasteiger charge is -2.24. The van der Waals surface area contributed by atoms with E-state index in [-0.39, 0.29) is 11.4 Å². The highest BCUT2D eigenvalue weighted by Gasteiger charge is 2.18. The molecule has 0 aromatic carbocycles. The first-order valence-corrected chi connectivity index (χ1v) is 12.6. The number of nitrogens with one attached hydrogen (secondary N) is 2. The summed E-state index contributed by atoms with van der Waals surface area (Å²) in [5.41, 5.74) is 4.60. The van der Waals surface area contributed by atoms with Gasteiger partial charge in [-0.15, -0.1) is 11.6 Å². The van der Waals surface area contributed by atoms with Crippen molar-refractivity contribution in [1.29, 1.82) is 0 Å². The summed E-state index contributed by atoms with van der Waals surface area (Å²) in [4.78, 5) is 6.83. The number of halogens is 1. The van der Waals surface area contributed by atoms with E-state index < -0.39 is 0 Å². The van der Waals surface area contributed by atoms with Crippen molar-refractivity contribution in [1.82, 2.24) is 15.5 Å². The number of alkyl halides is 1. The largest absolute Gasteiger partial charge is 0.382 e. The maximum absolute atomic E-state index is 6.41. The molecule has 0 saturated carbocycles. The Kier molecular flexibility index (Phi) is 13.0. The topological polar surface area (TPSA) is 39.7 Å². The van der Waals surface area contributed by atoms with Gasteiger partial charge < -0.3 is 15.5 Å². The summed E-state index contributed by atoms with van der Waals surface area (Å²) in [7, 11) is 2.01. The predicted octanol–water partition coefficient (Wildman–Crippen LogP) is 7.20. The minimum Gasteiger partial charge on any atom is -0.382 e. The van der Waals surface area contributed by atoms with Crippen LogP contribution < -0.4 is 10.6 Å². The Morgan fingerprint density at radius 3 is 2.58 bits per heavy atom. The van der Waals surface area contributed by atoms with Gasteiger partial charge >= 0.3 is 0 Å². The van der Waals surface area contributed by atoms with Gasteiger partial charge in [0.1, 0.15) is 11.7 Å². The van der Waals surface area contributed by atoms with Crippen molar-refractivity contribution >= 4 is 17.4 Å². The van der Waals surface area contributed by atoms with E-state index in [1.165, 1.54) is 11.1 Å². The third-order valence-corrected chi connectivity index (χ3v) is 6.50. The van der Waals surface area contributed by atoms with Crippen molar-refractivity contribution in [2.75, 3.05) is 7.05 Å². The summed E-state index contributed by atoms with van der Waals surface area (Å²) in [5.74, 6) is 1.58. The fourth-order valence-corrected chi connectivity index (χ4v) is 3.93. The molecule has 1 aliphatic rings. The molecule has 0 heterocycles. The normalized spacial score (nSPS) is 19.0. The van der Waals surface area contributed by atoms with Gasteiger partial charge in [0.2, 0.25) is 0 Å². The van der Waals surface area contributed by atoms with E-state index in [9.17, 15) is 0 Å². The standard InChI is InChI=1S/C28H45ClN4/c1-10-14-26(12-3)31-24(8)32-28(20(4)11-2)33(9)18-13-15-22(6)30-23(7)25-17-16-21(5)27(29)19-25/h11,13,16-18,23,26-27,30-31H,6,8,10,12,14-15,19H2,1-5,7,9H3/b18-13-,20-11-,32-28+/t23-,26?,27?/m1/s1. The molecule has 0 radical (unpaired) electrons. The maximum Gasteiger partial charge on any atom is 0.137 e. The van der Waals surface area contributed by atoms with Crippen LogP contribution in [-0.2, 0) is 0 Å². The summed E-state index contributed by atoms with van der Waals surface area (Å²) < 4.78 is 0. The monoisotopic (exact) mass is 472 g/mol. The van der Waals surface area contributed by atoms with Crippen molar-refractivity contribution in [3.63, 3.8) is 0 Å². The van der Waals surface area contributed by atoms with E-state index >= 15 is 0 Å². The quantitative estimate of drug-likeness (QED) is 0.169. The van der Waals surface area contributed by atoms with Crippen LogP contribution in [0, 0.1) is 0 Å². The molecule has 33 heavy (non-hydrogen) atoms. The van der Waals surface area contributed by atoms with Crippen LogP contribution in [0.4, 0.5) is 0 Å². The molecular weight excluding hydrogens is 428 g/mol. The minimum atomic E-state index is 0.0856. The second-order valence-corrected chi connectivity index (χ2v) is 9.41. The number of amidine groups is 1. The number of allylic oxidation sites excluding steroid dienone is 5. The van der Waals surface area contributed by atoms with Crippen molar-refractivity contribution in [2.24, 2.45) is 4.99 Å². The van der Waals surface area contributed by atoms with Crippen molar-refractivity contribution < 1.29 is 0 Å². The molecule has 0 saturated heterocycles. The van der Waals surface area contributed by atoms with Crippen LogP contribution >= 0.6 is 11.6 Å². The first-order chi connectivity index (χ1) is 15.6. The summed E-state index contributed by atoms with van der Waals surface area (Å²) in [6.07, 6.45) is 15.4. The van der Waals surface area contributed by atoms with Gasteiger partial charge in [-0.3, -0.25) is 0 Å². The average Bonchev–Trinajstić information content (AvgIpc) is 2.78. The number of likely N-dealkylation sites (N-methyl/N-ethyl adjacent to an activating group) is 1. The van der Waals surface area contributed by atoms with Crippen LogP contribution in [0.15, 0.2) is 76.9 Å². The summed E-state index contributed by atoms with van der Waals surface area (Å²) >= 11 is 6.41. The SMILES string of the molecule is C=C(C/C=C\N(C)C(=N/C(=C)NC(CC)CCC)/C(C)=C\C)N[C@H](C)C1=CC=C(C)C(Cl)C1. The van der Waals surface area contributed by atoms with E-state index in [1.54, 1.807) is 0 Å². The number of hydrogen-bond donors (Lipinski definition) is 2. The molecule has 0 fully saturated rings. The second-order valence-electron chi connectivity index (χ2n) is 8.89. The Morgan fingerprint density at radius 2 is 2.00 bits per heavy atom. The van der Waals surface area contributed by atoms with Crippen LogP contribution in [0.5, 0.6) is 0 Å². The number of aliphatic imine (C=N–C) groups is 1. The van der Waals surface area contributed by atoms with E-state index in [1.807, 2.05) is 25.1 Å². The highest BCUT2D eigenvalue weighted by atomic mass is 35.5. The van der Waals surface area contributed by atoms with Crippen LogP contribution in [0.25, 0.3) is 0 Å². The molecule has 1 aliphatic carbocycles. The Labute approximate surface area is 208 Å². The lowest BCUT2D eigenvalue weighted by atomic mass is 9.94. The Balaban J connectivity index is 2.73. The zero-order chi connectivity index (χ0) is 25.0. The van der Waals surface area contributed by atoms with Crippen molar-refractivity contribution in [3.8, 4) is 0 Å². The van der Waals surface area contributed by atoms with Crippen LogP contribution in [0.3, 0.4) is 0 Å². The Hall–Kier alpha value is -2.20. The van der Waals surface area contributed by atoms with Crippen LogP contribution in [0.2, 0.25) is 0 Å². The fourth-order valence-electron chi connectivity index (χ4n) is 3.68. The molecule has 5 heteroatoms. The molecule has 0 bridgehead atoms. The molecule has 0 aromatic rings. The van der Waals surface area contributed by atoms with Gasteiger partial charge in [0, 0.05) is 37.4 Å². The van der Waals surface area contributed by atoms with E-state index in [0.29, 0.717) is 11.9 Å². The molecule has 184 valence electrons. The van der Waals surface area contributed by atoms with Gasteiger partial charge in [-0.2, -0.15) is 0 Å². The van der Waals surface area contributed by atoms with E-state index in [4.69, 9.17) is 16.6 Å². The zero-order valence-electron chi connectivity index (χ0n) is 21.8. The number of nitrogens with zero attached hydrogens (tertiary/aromatic N) is 2. The summed E-state index contributed by atoms with van der Waals surface area (Å²) in [6, 6.07) is 0.615. The molecular formula is C28H45ClN4. The molecule has 1 rings (SSSR count). The van der Waals surface area contributed by atoms with Gasteiger partial charge in [-0.05, 0) is 58.1 Å². The highest BCUT2D eigenvalue weighted by molar-refractivity contribution is 6.22. The lowest BCUT2D eigenvalue weighted by Crippen LogP contribution is -2.29. The van der Waals surface area contributed by atoms with Crippen LogP contribution in [-0.4, -0.2) is 35.2 Å². The van der Waals surface area contributed by atoms with Crippen LogP contribution in [0.1, 0.15) is 73.6 Å². The molecule has 2 N–H and O–H groups in total. The molecule has 0 aliphatic heterocycles. The fraction of sp³-hybridized carbons (Fsp3) is 0.536. The van der Waals surface area contributed by atoms with E-state index in [0.717, 1.165) is 49.2 Å². The molecule has 2 unspecified atom stereocenters. The molecule has 4 nitrogen and oxygen atoms in total. The third-order valence-electron chi connectivity index (χ3n) is 6.00. The smallest absolute Gasteiger partial charge is 0.137 e. The average molecular weight is 473 g/mol. The Bertz CT molecular complexity index is 816. The number of rotatable bonds is 13. The lowest BCUT2D eigenvalue weighted by molar-refractivity contribution is 0.503. The predicted molar refractivity (Wildman–Crippen MR) is 147 cm³/mol. The Morgan fingerprint density at radius 1 is 1.30 bits per heavy atom. The second kappa shape index (κ2) is 14.8. The first kappa shape index (κ1) is 28.8. The molecule has 0 amide bonds. The van der Waals surface area contributed by atoms with Gasteiger partial charge in [0.05, 0.1) is 5.38 Å². The van der Waals surface area contributed by atoms with Gasteiger partial charge in [-0.1, -0.05) is 63.3 Å². The highest BCUT2D eigenvalue weighted by Crippen LogP contribution is 2.25. The maximum atomic E-state index is 6.41. The third kappa shape index (κ3) is 10.1. The van der Waals surface area contributed by atoms with Gasteiger partial charge in [0.25, 0.3) is 0 Å². The molecule has 0 aromatic heterocycles. The molecule has 0 spiro atoms. The number of hydrogen-bond acceptors (Lipinski definition) is 3. The summed E-state index contributed by atoms with van der Waals surface area (Å²) in [5, 5.41) is 7.06. The van der Waals surface area contributed by atoms with E-state index in [2.05, 4.69) is 82.7 Å². The van der Waals surface area contributed by atoms with Crippen molar-refractivity contribution in [2.45, 2.75) is 91.1 Å². The van der Waals surface area contributed by atoms with Gasteiger partial charge in [-0.25, -0.2) is 4.99 Å². The zero-order valence-corrected chi connectivity index (χ0v) is 22.6. The first-order valence-electron chi connectivity index (χ1n) is 12.1.